The number of ketones is 1. The van der Waals surface area contributed by atoms with E-state index in [1.807, 2.05) is 31.2 Å². The van der Waals surface area contributed by atoms with Crippen molar-refractivity contribution in [2.45, 2.75) is 19.9 Å². The lowest BCUT2D eigenvalue weighted by atomic mass is 9.95. The number of hydrogen-bond donors (Lipinski definition) is 1. The van der Waals surface area contributed by atoms with Crippen molar-refractivity contribution in [3.05, 3.63) is 118 Å². The number of Topliss-reactive ketones (excluding diaryl/α,β-unsaturated/α-hetero) is 1. The summed E-state index contributed by atoms with van der Waals surface area (Å²) >= 11 is 6.37. The van der Waals surface area contributed by atoms with E-state index < -0.39 is 17.7 Å². The Morgan fingerprint density at radius 1 is 0.949 bits per heavy atom. The Bertz CT molecular complexity index is 1600. The lowest BCUT2D eigenvalue weighted by Crippen LogP contribution is -2.29. The number of halogens is 1. The number of aliphatic hydroxyl groups excluding tert-OH is 1. The molecule has 1 aromatic heterocycles. The van der Waals surface area contributed by atoms with E-state index in [1.165, 1.54) is 12.0 Å². The van der Waals surface area contributed by atoms with Gasteiger partial charge in [-0.3, -0.25) is 19.5 Å². The SMILES string of the molecule is COc1c(Cl)cc(C)cc1/C(O)=C1\C(=O)C(=O)N(c2ccc(Oc3cccc(C)c3)cc2)C1c1cccnc1. The summed E-state index contributed by atoms with van der Waals surface area (Å²) in [6, 6.07) is 20.4. The van der Waals surface area contributed by atoms with E-state index >= 15 is 0 Å². The highest BCUT2D eigenvalue weighted by Gasteiger charge is 2.47. The van der Waals surface area contributed by atoms with Crippen LogP contribution in [0.5, 0.6) is 17.2 Å². The fourth-order valence-corrected chi connectivity index (χ4v) is 5.05. The van der Waals surface area contributed by atoms with Crippen LogP contribution >= 0.6 is 11.6 Å². The van der Waals surface area contributed by atoms with Crippen molar-refractivity contribution in [2.24, 2.45) is 0 Å². The lowest BCUT2D eigenvalue weighted by Gasteiger charge is -2.25. The smallest absolute Gasteiger partial charge is 0.300 e. The number of nitrogens with zero attached hydrogens (tertiary/aromatic N) is 2. The van der Waals surface area contributed by atoms with E-state index in [2.05, 4.69) is 4.98 Å². The Morgan fingerprint density at radius 2 is 1.72 bits per heavy atom. The second-order valence-electron chi connectivity index (χ2n) is 9.20. The van der Waals surface area contributed by atoms with Crippen molar-refractivity contribution in [3.8, 4) is 17.2 Å². The molecule has 2 heterocycles. The molecule has 5 rings (SSSR count). The fourth-order valence-electron chi connectivity index (χ4n) is 4.70. The van der Waals surface area contributed by atoms with Crippen molar-refractivity contribution in [2.75, 3.05) is 12.0 Å². The zero-order valence-electron chi connectivity index (χ0n) is 21.5. The van der Waals surface area contributed by atoms with E-state index in [4.69, 9.17) is 21.1 Å². The van der Waals surface area contributed by atoms with Gasteiger partial charge in [0.05, 0.1) is 29.3 Å². The number of aliphatic hydroxyl groups is 1. The van der Waals surface area contributed by atoms with Gasteiger partial charge >= 0.3 is 0 Å². The minimum atomic E-state index is -0.939. The summed E-state index contributed by atoms with van der Waals surface area (Å²) in [5, 5.41) is 11.8. The predicted octanol–water partition coefficient (Wildman–Crippen LogP) is 6.78. The highest BCUT2D eigenvalue weighted by Crippen LogP contribution is 2.44. The Hall–Kier alpha value is -4.62. The average molecular weight is 541 g/mol. The third kappa shape index (κ3) is 4.96. The highest BCUT2D eigenvalue weighted by atomic mass is 35.5. The average Bonchev–Trinajstić information content (AvgIpc) is 3.19. The third-order valence-corrected chi connectivity index (χ3v) is 6.71. The molecule has 0 saturated carbocycles. The van der Waals surface area contributed by atoms with Gasteiger partial charge in [0.15, 0.2) is 0 Å². The second kappa shape index (κ2) is 10.6. The Balaban J connectivity index is 1.61. The van der Waals surface area contributed by atoms with Crippen LogP contribution in [0, 0.1) is 13.8 Å². The number of methoxy groups -OCH3 is 1. The van der Waals surface area contributed by atoms with Gasteiger partial charge in [-0.15, -0.1) is 0 Å². The molecule has 7 nitrogen and oxygen atoms in total. The molecule has 0 bridgehead atoms. The molecule has 4 aromatic rings. The van der Waals surface area contributed by atoms with Gasteiger partial charge in [-0.1, -0.05) is 29.8 Å². The van der Waals surface area contributed by atoms with E-state index in [0.717, 1.165) is 11.1 Å². The highest BCUT2D eigenvalue weighted by molar-refractivity contribution is 6.51. The van der Waals surface area contributed by atoms with Crippen molar-refractivity contribution in [1.29, 1.82) is 0 Å². The first kappa shape index (κ1) is 26.0. The van der Waals surface area contributed by atoms with Gasteiger partial charge in [0.1, 0.15) is 23.0 Å². The third-order valence-electron chi connectivity index (χ3n) is 6.43. The van der Waals surface area contributed by atoms with Gasteiger partial charge in [0.2, 0.25) is 0 Å². The van der Waals surface area contributed by atoms with Gasteiger partial charge in [-0.25, -0.2) is 0 Å². The van der Waals surface area contributed by atoms with Gasteiger partial charge in [-0.05, 0) is 85.1 Å². The van der Waals surface area contributed by atoms with E-state index in [-0.39, 0.29) is 27.7 Å². The van der Waals surface area contributed by atoms with E-state index in [9.17, 15) is 14.7 Å². The molecule has 1 aliphatic rings. The zero-order valence-corrected chi connectivity index (χ0v) is 22.3. The maximum atomic E-state index is 13.5. The van der Waals surface area contributed by atoms with Gasteiger partial charge in [0.25, 0.3) is 11.7 Å². The standard InChI is InChI=1S/C31H25ClN2O5/c1-18-6-4-8-23(14-18)39-22-11-9-21(10-12-22)34-27(20-7-5-13-33-17-20)26(29(36)31(34)37)28(35)24-15-19(2)16-25(32)30(24)38-3/h4-17,27,35H,1-3H3/b28-26+. The van der Waals surface area contributed by atoms with Crippen LogP contribution in [0.25, 0.3) is 5.76 Å². The largest absolute Gasteiger partial charge is 0.507 e. The molecular formula is C31H25ClN2O5. The number of amides is 1. The number of anilines is 1. The van der Waals surface area contributed by atoms with Crippen LogP contribution < -0.4 is 14.4 Å². The first-order valence-electron chi connectivity index (χ1n) is 12.2. The number of aryl methyl sites for hydroxylation is 2. The minimum Gasteiger partial charge on any atom is -0.507 e. The monoisotopic (exact) mass is 540 g/mol. The van der Waals surface area contributed by atoms with E-state index in [1.54, 1.807) is 67.8 Å². The quantitative estimate of drug-likeness (QED) is 0.165. The summed E-state index contributed by atoms with van der Waals surface area (Å²) in [6.07, 6.45) is 3.16. The maximum absolute atomic E-state index is 13.5. The van der Waals surface area contributed by atoms with Crippen LogP contribution in [0.1, 0.15) is 28.3 Å². The van der Waals surface area contributed by atoms with Crippen LogP contribution in [0.2, 0.25) is 5.02 Å². The van der Waals surface area contributed by atoms with Crippen molar-refractivity contribution < 1.29 is 24.2 Å². The number of ether oxygens (including phenoxy) is 2. The van der Waals surface area contributed by atoms with Gasteiger partial charge in [-0.2, -0.15) is 0 Å². The number of hydrogen-bond acceptors (Lipinski definition) is 6. The minimum absolute atomic E-state index is 0.0898. The van der Waals surface area contributed by atoms with Crippen LogP contribution in [0.15, 0.2) is 90.8 Å². The molecule has 1 unspecified atom stereocenters. The molecule has 0 spiro atoms. The molecule has 0 aliphatic carbocycles. The van der Waals surface area contributed by atoms with Crippen LogP contribution in [-0.2, 0) is 9.59 Å². The molecular weight excluding hydrogens is 516 g/mol. The molecule has 39 heavy (non-hydrogen) atoms. The lowest BCUT2D eigenvalue weighted by molar-refractivity contribution is -0.132. The summed E-state index contributed by atoms with van der Waals surface area (Å²) in [5.41, 5.74) is 2.95. The molecule has 1 N–H and O–H groups in total. The Kier molecular flexibility index (Phi) is 7.09. The van der Waals surface area contributed by atoms with Crippen molar-refractivity contribution in [3.63, 3.8) is 0 Å². The predicted molar refractivity (Wildman–Crippen MR) is 149 cm³/mol. The molecule has 1 amide bonds. The summed E-state index contributed by atoms with van der Waals surface area (Å²) in [7, 11) is 1.42. The zero-order chi connectivity index (χ0) is 27.7. The van der Waals surface area contributed by atoms with Gasteiger partial charge in [0, 0.05) is 18.1 Å². The molecule has 0 radical (unpaired) electrons. The molecule has 1 atom stereocenters. The maximum Gasteiger partial charge on any atom is 0.300 e. The molecule has 196 valence electrons. The number of carbonyl (C=O) groups is 2. The molecule has 8 heteroatoms. The summed E-state index contributed by atoms with van der Waals surface area (Å²) < 4.78 is 11.4. The Morgan fingerprint density at radius 3 is 2.38 bits per heavy atom. The molecule has 3 aromatic carbocycles. The number of rotatable bonds is 6. The van der Waals surface area contributed by atoms with Crippen LogP contribution in [-0.4, -0.2) is 28.9 Å². The van der Waals surface area contributed by atoms with Crippen LogP contribution in [0.3, 0.4) is 0 Å². The second-order valence-corrected chi connectivity index (χ2v) is 9.60. The van der Waals surface area contributed by atoms with Crippen molar-refractivity contribution in [1.82, 2.24) is 4.98 Å². The van der Waals surface area contributed by atoms with E-state index in [0.29, 0.717) is 22.7 Å². The van der Waals surface area contributed by atoms with Crippen molar-refractivity contribution >= 4 is 34.7 Å². The summed E-state index contributed by atoms with van der Waals surface area (Å²) in [4.78, 5) is 32.5. The normalized spacial score (nSPS) is 16.4. The number of carbonyl (C=O) groups excluding carboxylic acids is 2. The topological polar surface area (TPSA) is 89.0 Å². The molecule has 1 fully saturated rings. The molecule has 1 aliphatic heterocycles. The van der Waals surface area contributed by atoms with Crippen LogP contribution in [0.4, 0.5) is 5.69 Å². The first-order valence-corrected chi connectivity index (χ1v) is 12.6. The Labute approximate surface area is 230 Å². The van der Waals surface area contributed by atoms with Gasteiger partial charge < -0.3 is 14.6 Å². The first-order chi connectivity index (χ1) is 18.8. The fraction of sp³-hybridized carbons (Fsp3) is 0.129. The number of aromatic nitrogens is 1. The number of benzene rings is 3. The summed E-state index contributed by atoms with van der Waals surface area (Å²) in [5.74, 6) is -0.543. The number of pyridine rings is 1. The summed E-state index contributed by atoms with van der Waals surface area (Å²) in [6.45, 7) is 3.78. The molecule has 1 saturated heterocycles.